The number of aliphatic imine (C=N–C) groups is 1. The van der Waals surface area contributed by atoms with Gasteiger partial charge < -0.3 is 25.1 Å². The van der Waals surface area contributed by atoms with Gasteiger partial charge in [0.25, 0.3) is 0 Å². The summed E-state index contributed by atoms with van der Waals surface area (Å²) in [5.74, 6) is 0.00380. The molecule has 0 saturated heterocycles. The van der Waals surface area contributed by atoms with Gasteiger partial charge in [0.1, 0.15) is 35.0 Å². The molecular weight excluding hydrogens is 981 g/mol. The van der Waals surface area contributed by atoms with Crippen LogP contribution in [0.5, 0.6) is 0 Å². The second-order valence-corrected chi connectivity index (χ2v) is 28.5. The Morgan fingerprint density at radius 1 is 0.544 bits per heavy atom. The van der Waals surface area contributed by atoms with E-state index in [0.717, 1.165) is 31.2 Å². The second kappa shape index (κ2) is 24.5. The normalized spacial score (nSPS) is 24.1. The first-order valence-electron chi connectivity index (χ1n) is 30.3. The molecule has 6 rings (SSSR count). The third-order valence-corrected chi connectivity index (χ3v) is 19.5. The molecule has 434 valence electrons. The van der Waals surface area contributed by atoms with Crippen molar-refractivity contribution in [2.45, 2.75) is 215 Å². The predicted molar refractivity (Wildman–Crippen MR) is 326 cm³/mol. The van der Waals surface area contributed by atoms with Crippen molar-refractivity contribution < 1.29 is 28.7 Å². The van der Waals surface area contributed by atoms with E-state index in [9.17, 15) is 9.59 Å². The predicted octanol–water partition coefficient (Wildman–Crippen LogP) is 17.3. The highest BCUT2D eigenvalue weighted by molar-refractivity contribution is 6.32. The smallest absolute Gasteiger partial charge is 0.342 e. The number of ether oxygens (including phenoxy) is 2. The van der Waals surface area contributed by atoms with Crippen molar-refractivity contribution in [1.82, 2.24) is 10.3 Å². The molecule has 3 aliphatic rings. The Balaban J connectivity index is 1.70. The number of aromatic nitrogens is 1. The number of nitrogens with one attached hydrogen (secondary N) is 3. The monoisotopic (exact) mass is 1080 g/mol. The van der Waals surface area contributed by atoms with E-state index in [1.807, 2.05) is 108 Å². The molecule has 3 N–H and O–H groups in total. The fraction of sp³-hybridized carbons (Fsp3) is 0.638. The second-order valence-electron chi connectivity index (χ2n) is 28.5. The van der Waals surface area contributed by atoms with Crippen LogP contribution in [0.2, 0.25) is 0 Å². The molecule has 4 unspecified atom stereocenters. The first-order chi connectivity index (χ1) is 36.8. The number of amides is 2. The standard InChI is InChI=1S/C69H102N4O6/c1-21-68(22-2,23-3)62(76)72-58-54(60(74)78-56-46(64(9,10)11)37-42(7)38-47(56)65(12,13)14)52(44-33-29-27-30-34-44)50(70-58)41-51-53(45-35-31-28-32-36-45)55(59(71-51)73-63(77)69(24-4,25-5)26-6)61(75)79-57-48(66(15,16)17)39-43(8)40-49(57)67(18,19)20/h27-36,41-43,46-49,56-57,70H,21-26,37-40H2,1-20H3,(H,72,76)(H,71,73,77)/b51-41-. The molecule has 0 radical (unpaired) electrons. The van der Waals surface area contributed by atoms with E-state index in [-0.39, 0.29) is 79.9 Å². The highest BCUT2D eigenvalue weighted by Crippen LogP contribution is 2.53. The van der Waals surface area contributed by atoms with Crippen LogP contribution >= 0.6 is 0 Å². The lowest BCUT2D eigenvalue weighted by Crippen LogP contribution is -2.50. The number of hydrogen-bond acceptors (Lipinski definition) is 7. The lowest BCUT2D eigenvalue weighted by atomic mass is 9.59. The van der Waals surface area contributed by atoms with E-state index < -0.39 is 35.0 Å². The maximum absolute atomic E-state index is 15.9. The number of anilines is 1. The average molecular weight is 1080 g/mol. The van der Waals surface area contributed by atoms with Gasteiger partial charge in [0.2, 0.25) is 11.8 Å². The molecule has 10 nitrogen and oxygen atoms in total. The summed E-state index contributed by atoms with van der Waals surface area (Å²) in [6, 6.07) is 19.4. The van der Waals surface area contributed by atoms with Gasteiger partial charge in [-0.1, -0.05) is 199 Å². The van der Waals surface area contributed by atoms with E-state index in [2.05, 4.69) is 113 Å². The minimum atomic E-state index is -0.716. The van der Waals surface area contributed by atoms with Gasteiger partial charge in [0.05, 0.1) is 11.4 Å². The van der Waals surface area contributed by atoms with Crippen molar-refractivity contribution in [1.29, 1.82) is 0 Å². The molecule has 2 amide bonds. The molecule has 79 heavy (non-hydrogen) atoms. The third-order valence-electron chi connectivity index (χ3n) is 19.5. The number of carbonyl (C=O) groups is 4. The van der Waals surface area contributed by atoms with Crippen LogP contribution in [-0.4, -0.2) is 46.8 Å². The quantitative estimate of drug-likeness (QED) is 0.122. The zero-order valence-corrected chi connectivity index (χ0v) is 52.4. The van der Waals surface area contributed by atoms with Crippen LogP contribution < -0.4 is 10.6 Å². The Bertz CT molecular complexity index is 2660. The van der Waals surface area contributed by atoms with Gasteiger partial charge in [-0.2, -0.15) is 0 Å². The maximum atomic E-state index is 15.9. The Labute approximate surface area is 477 Å². The highest BCUT2D eigenvalue weighted by atomic mass is 16.5. The first kappa shape index (κ1) is 62.9. The molecule has 10 heteroatoms. The van der Waals surface area contributed by atoms with Gasteiger partial charge in [-0.25, -0.2) is 14.6 Å². The summed E-state index contributed by atoms with van der Waals surface area (Å²) in [7, 11) is 0. The lowest BCUT2D eigenvalue weighted by Gasteiger charge is -2.50. The Kier molecular flexibility index (Phi) is 19.5. The van der Waals surface area contributed by atoms with Crippen LogP contribution in [0.4, 0.5) is 5.82 Å². The van der Waals surface area contributed by atoms with Crippen LogP contribution in [0.1, 0.15) is 224 Å². The van der Waals surface area contributed by atoms with E-state index >= 15 is 9.59 Å². The van der Waals surface area contributed by atoms with Crippen molar-refractivity contribution in [3.05, 3.63) is 88.8 Å². The number of nitrogens with zero attached hydrogens (tertiary/aromatic N) is 1. The average Bonchev–Trinajstić information content (AvgIpc) is 3.99. The van der Waals surface area contributed by atoms with Gasteiger partial charge in [-0.15, -0.1) is 0 Å². The number of hydrogen-bond donors (Lipinski definition) is 3. The number of esters is 2. The highest BCUT2D eigenvalue weighted by Gasteiger charge is 2.51. The summed E-state index contributed by atoms with van der Waals surface area (Å²) in [5, 5.41) is 6.53. The van der Waals surface area contributed by atoms with Crippen molar-refractivity contribution >= 4 is 47.1 Å². The van der Waals surface area contributed by atoms with Crippen LogP contribution in [0.3, 0.4) is 0 Å². The molecule has 1 aliphatic heterocycles. The summed E-state index contributed by atoms with van der Waals surface area (Å²) < 4.78 is 14.1. The van der Waals surface area contributed by atoms with Gasteiger partial charge in [-0.3, -0.25) is 9.59 Å². The van der Waals surface area contributed by atoms with Crippen molar-refractivity contribution in [2.24, 2.45) is 73.0 Å². The number of amidine groups is 1. The molecule has 4 atom stereocenters. The molecule has 2 aromatic carbocycles. The minimum Gasteiger partial charge on any atom is -0.458 e. The number of carbonyl (C=O) groups excluding carboxylic acids is 4. The Morgan fingerprint density at radius 3 is 1.29 bits per heavy atom. The van der Waals surface area contributed by atoms with Crippen molar-refractivity contribution in [2.75, 3.05) is 5.32 Å². The number of allylic oxidation sites excluding steroid dienone is 1. The van der Waals surface area contributed by atoms with Gasteiger partial charge in [0, 0.05) is 45.6 Å². The van der Waals surface area contributed by atoms with Gasteiger partial charge in [0.15, 0.2) is 0 Å². The fourth-order valence-electron chi connectivity index (χ4n) is 13.8. The zero-order chi connectivity index (χ0) is 58.8. The van der Waals surface area contributed by atoms with E-state index in [1.54, 1.807) is 0 Å². The van der Waals surface area contributed by atoms with Crippen LogP contribution in [0.25, 0.3) is 22.8 Å². The SMILES string of the molecule is CCC(CC)(CC)C(=O)NC1=N/C(=C\c2[nH]c(NC(=O)C(CC)(CC)CC)c(C(=O)OC3C(C(C)(C)C)CC(C)CC3C(C)(C)C)c2-c2ccccc2)C(c2ccccc2)=C1C(=O)OC1C(C(C)(C)C)CC(C)CC1C(C)(C)C. The summed E-state index contributed by atoms with van der Waals surface area (Å²) in [6.45, 7) is 43.7. The molecular formula is C69H102N4O6. The third kappa shape index (κ3) is 13.4. The number of rotatable bonds is 16. The topological polar surface area (TPSA) is 139 Å². The van der Waals surface area contributed by atoms with Crippen LogP contribution in [0, 0.1) is 68.0 Å². The molecule has 0 spiro atoms. The van der Waals surface area contributed by atoms with Crippen molar-refractivity contribution in [3.63, 3.8) is 0 Å². The summed E-state index contributed by atoms with van der Waals surface area (Å²) in [4.78, 5) is 70.4. The molecule has 2 saturated carbocycles. The summed E-state index contributed by atoms with van der Waals surface area (Å²) in [5.41, 5.74) is 1.56. The van der Waals surface area contributed by atoms with Crippen LogP contribution in [0.15, 0.2) is 76.9 Å². The van der Waals surface area contributed by atoms with Gasteiger partial charge in [-0.05, 0) is 115 Å². The van der Waals surface area contributed by atoms with Gasteiger partial charge >= 0.3 is 11.9 Å². The van der Waals surface area contributed by atoms with E-state index in [4.69, 9.17) is 14.5 Å². The number of aromatic amines is 1. The molecule has 0 bridgehead atoms. The zero-order valence-electron chi connectivity index (χ0n) is 52.4. The Hall–Kier alpha value is -5.25. The number of H-pyrrole nitrogens is 1. The molecule has 1 aromatic heterocycles. The van der Waals surface area contributed by atoms with E-state index in [1.165, 1.54) is 0 Å². The number of benzene rings is 2. The first-order valence-corrected chi connectivity index (χ1v) is 30.3. The largest absolute Gasteiger partial charge is 0.458 e. The molecule has 2 heterocycles. The summed E-state index contributed by atoms with van der Waals surface area (Å²) in [6.07, 6.45) is 8.27. The molecule has 3 aromatic rings. The van der Waals surface area contributed by atoms with Crippen molar-refractivity contribution in [3.8, 4) is 11.1 Å². The minimum absolute atomic E-state index is 0.0601. The molecule has 2 fully saturated rings. The Morgan fingerprint density at radius 2 is 0.911 bits per heavy atom. The van der Waals surface area contributed by atoms with E-state index in [0.29, 0.717) is 78.5 Å². The summed E-state index contributed by atoms with van der Waals surface area (Å²) >= 11 is 0. The fourth-order valence-corrected chi connectivity index (χ4v) is 13.8. The maximum Gasteiger partial charge on any atom is 0.342 e. The van der Waals surface area contributed by atoms with Crippen LogP contribution in [-0.2, 0) is 23.9 Å². The molecule has 2 aliphatic carbocycles. The lowest BCUT2D eigenvalue weighted by molar-refractivity contribution is -0.164.